The molecule has 0 aliphatic heterocycles. The van der Waals surface area contributed by atoms with Crippen LogP contribution in [0.15, 0.2) is 32.9 Å². The Morgan fingerprint density at radius 1 is 1.23 bits per heavy atom. The van der Waals surface area contributed by atoms with Crippen molar-refractivity contribution in [2.45, 2.75) is 14.7 Å². The Morgan fingerprint density at radius 3 is 2.15 bits per heavy atom. The van der Waals surface area contributed by atoms with Gasteiger partial charge >= 0.3 is 29.6 Å². The average molecular weight is 246 g/mol. The van der Waals surface area contributed by atoms with E-state index >= 15 is 0 Å². The van der Waals surface area contributed by atoms with Gasteiger partial charge in [0.1, 0.15) is 4.90 Å². The summed E-state index contributed by atoms with van der Waals surface area (Å²) < 4.78 is 30.0. The van der Waals surface area contributed by atoms with Crippen molar-refractivity contribution >= 4 is 64.9 Å². The van der Waals surface area contributed by atoms with E-state index in [1.165, 1.54) is 12.1 Å². The normalized spacial score (nSPS) is 10.7. The van der Waals surface area contributed by atoms with Gasteiger partial charge in [-0.05, 0) is 18.2 Å². The summed E-state index contributed by atoms with van der Waals surface area (Å²) in [4.78, 5) is 0.439. The summed E-state index contributed by atoms with van der Waals surface area (Å²) >= 11 is 7.79. The van der Waals surface area contributed by atoms with E-state index in [1.807, 2.05) is 0 Å². The van der Waals surface area contributed by atoms with Crippen LogP contribution in [0.25, 0.3) is 0 Å². The minimum absolute atomic E-state index is 0. The van der Waals surface area contributed by atoms with Gasteiger partial charge in [0.05, 0.1) is 0 Å². The van der Waals surface area contributed by atoms with Gasteiger partial charge in [-0.1, -0.05) is 0 Å². The summed E-state index contributed by atoms with van der Waals surface area (Å²) in [6, 6.07) is 4.27. The fraction of sp³-hybridized carbons (Fsp3) is 0. The number of benzene rings is 1. The van der Waals surface area contributed by atoms with Crippen molar-refractivity contribution in [2.24, 2.45) is 0 Å². The molecule has 0 radical (unpaired) electrons. The molecule has 0 fully saturated rings. The second kappa shape index (κ2) is 5.06. The molecule has 1 aromatic rings. The maximum absolute atomic E-state index is 10.7. The van der Waals surface area contributed by atoms with E-state index in [0.29, 0.717) is 4.90 Å². The summed E-state index contributed by atoms with van der Waals surface area (Å²) in [6.45, 7) is 0. The molecule has 0 saturated heterocycles. The Balaban J connectivity index is 0.00000144. The Hall–Kier alpha value is 0.830. The van der Waals surface area contributed by atoms with Crippen molar-refractivity contribution in [3.63, 3.8) is 0 Å². The van der Waals surface area contributed by atoms with Crippen LogP contribution in [-0.2, 0) is 10.1 Å². The molecule has 13 heavy (non-hydrogen) atoms. The van der Waals surface area contributed by atoms with E-state index in [0.717, 1.165) is 0 Å². The zero-order chi connectivity index (χ0) is 9.35. The van der Waals surface area contributed by atoms with Gasteiger partial charge in [0.15, 0.2) is 0 Å². The number of rotatable bonds is 1. The SMILES string of the molecule is O=S(=O)(O)c1cc(S)ccc1S.[NaH]. The van der Waals surface area contributed by atoms with Gasteiger partial charge in [-0.2, -0.15) is 8.42 Å². The van der Waals surface area contributed by atoms with Gasteiger partial charge < -0.3 is 0 Å². The quantitative estimate of drug-likeness (QED) is 0.391. The van der Waals surface area contributed by atoms with Gasteiger partial charge in [-0.25, -0.2) is 0 Å². The van der Waals surface area contributed by atoms with E-state index in [2.05, 4.69) is 25.3 Å². The fourth-order valence-corrected chi connectivity index (χ4v) is 2.09. The number of hydrogen-bond donors (Lipinski definition) is 3. The first-order valence-electron chi connectivity index (χ1n) is 2.91. The van der Waals surface area contributed by atoms with Crippen molar-refractivity contribution < 1.29 is 13.0 Å². The first-order valence-corrected chi connectivity index (χ1v) is 5.24. The van der Waals surface area contributed by atoms with Crippen LogP contribution in [0.3, 0.4) is 0 Å². The summed E-state index contributed by atoms with van der Waals surface area (Å²) in [5, 5.41) is 0. The summed E-state index contributed by atoms with van der Waals surface area (Å²) in [7, 11) is -4.18. The molecule has 1 rings (SSSR count). The Labute approximate surface area is 110 Å². The van der Waals surface area contributed by atoms with Gasteiger partial charge in [0, 0.05) is 9.79 Å². The van der Waals surface area contributed by atoms with E-state index in [9.17, 15) is 8.42 Å². The van der Waals surface area contributed by atoms with Crippen molar-refractivity contribution in [3.05, 3.63) is 18.2 Å². The first-order chi connectivity index (χ1) is 5.41. The third-order valence-corrected chi connectivity index (χ3v) is 2.93. The molecule has 0 aromatic heterocycles. The molecule has 0 saturated carbocycles. The van der Waals surface area contributed by atoms with Gasteiger partial charge in [-0.3, -0.25) is 4.55 Å². The molecular weight excluding hydrogens is 239 g/mol. The second-order valence-electron chi connectivity index (χ2n) is 2.13. The van der Waals surface area contributed by atoms with Gasteiger partial charge in [0.2, 0.25) is 0 Å². The van der Waals surface area contributed by atoms with E-state index < -0.39 is 10.1 Å². The molecule has 0 aliphatic rings. The molecule has 0 aliphatic carbocycles. The Bertz CT molecular complexity index is 402. The number of hydrogen-bond acceptors (Lipinski definition) is 4. The Morgan fingerprint density at radius 2 is 1.77 bits per heavy atom. The second-order valence-corrected chi connectivity index (χ2v) is 4.52. The molecule has 1 N–H and O–H groups in total. The van der Waals surface area contributed by atoms with Crippen LogP contribution in [0.2, 0.25) is 0 Å². The van der Waals surface area contributed by atoms with Crippen molar-refractivity contribution in [1.82, 2.24) is 0 Å². The predicted molar refractivity (Wildman–Crippen MR) is 57.9 cm³/mol. The average Bonchev–Trinajstić information content (AvgIpc) is 1.92. The van der Waals surface area contributed by atoms with E-state index in [1.54, 1.807) is 6.07 Å². The topological polar surface area (TPSA) is 54.4 Å². The van der Waals surface area contributed by atoms with Crippen LogP contribution in [0.5, 0.6) is 0 Å². The van der Waals surface area contributed by atoms with Crippen LogP contribution in [-0.4, -0.2) is 42.5 Å². The van der Waals surface area contributed by atoms with Gasteiger partial charge in [0.25, 0.3) is 10.1 Å². The third-order valence-electron chi connectivity index (χ3n) is 1.22. The van der Waals surface area contributed by atoms with E-state index in [4.69, 9.17) is 4.55 Å². The molecule has 3 nitrogen and oxygen atoms in total. The summed E-state index contributed by atoms with van der Waals surface area (Å²) in [5.74, 6) is 0. The molecular formula is C6H7NaO3S3. The maximum atomic E-state index is 10.7. The summed E-state index contributed by atoms with van der Waals surface area (Å²) in [5.41, 5.74) is 0. The molecule has 0 bridgehead atoms. The number of thiol groups is 2. The van der Waals surface area contributed by atoms with Crippen molar-refractivity contribution in [1.29, 1.82) is 0 Å². The van der Waals surface area contributed by atoms with E-state index in [-0.39, 0.29) is 39.3 Å². The molecule has 1 aromatic carbocycles. The molecule has 0 amide bonds. The Kier molecular flexibility index (Phi) is 5.39. The van der Waals surface area contributed by atoms with Crippen LogP contribution in [0, 0.1) is 0 Å². The van der Waals surface area contributed by atoms with Crippen LogP contribution < -0.4 is 0 Å². The summed E-state index contributed by atoms with van der Waals surface area (Å²) in [6.07, 6.45) is 0. The zero-order valence-electron chi connectivity index (χ0n) is 5.80. The minimum atomic E-state index is -4.18. The van der Waals surface area contributed by atoms with Crippen LogP contribution >= 0.6 is 25.3 Å². The third kappa shape index (κ3) is 3.83. The standard InChI is InChI=1S/C6H6O3S3.Na.H/c7-12(8,9)6-3-4(10)1-2-5(6)11;;/h1-3,10-11H,(H,7,8,9);;. The fourth-order valence-electron chi connectivity index (χ4n) is 0.709. The van der Waals surface area contributed by atoms with Crippen LogP contribution in [0.4, 0.5) is 0 Å². The molecule has 0 atom stereocenters. The monoisotopic (exact) mass is 246 g/mol. The molecule has 0 unspecified atom stereocenters. The van der Waals surface area contributed by atoms with Crippen molar-refractivity contribution in [2.75, 3.05) is 0 Å². The van der Waals surface area contributed by atoms with Crippen molar-refractivity contribution in [3.8, 4) is 0 Å². The van der Waals surface area contributed by atoms with Crippen LogP contribution in [0.1, 0.15) is 0 Å². The molecule has 68 valence electrons. The molecule has 0 heterocycles. The zero-order valence-corrected chi connectivity index (χ0v) is 8.40. The molecule has 0 spiro atoms. The molecule has 7 heteroatoms. The van der Waals surface area contributed by atoms with Gasteiger partial charge in [-0.15, -0.1) is 25.3 Å². The first kappa shape index (κ1) is 13.8. The predicted octanol–water partition coefficient (Wildman–Crippen LogP) is 0.862.